The molecule has 0 aliphatic rings. The van der Waals surface area contributed by atoms with Crippen LogP contribution in [0, 0.1) is 0 Å². The zero-order chi connectivity index (χ0) is 17.0. The summed E-state index contributed by atoms with van der Waals surface area (Å²) in [5, 5.41) is 3.31. The molecular formula is C19H28N2OS. The Bertz CT molecular complexity index is 639. The van der Waals surface area contributed by atoms with Crippen LogP contribution in [0.3, 0.4) is 0 Å². The van der Waals surface area contributed by atoms with Gasteiger partial charge in [0.05, 0.1) is 23.0 Å². The van der Waals surface area contributed by atoms with Crippen molar-refractivity contribution < 1.29 is 4.74 Å². The summed E-state index contributed by atoms with van der Waals surface area (Å²) in [7, 11) is 0. The van der Waals surface area contributed by atoms with Crippen LogP contribution in [0.1, 0.15) is 46.6 Å². The molecule has 23 heavy (non-hydrogen) atoms. The third-order valence-corrected chi connectivity index (χ3v) is 5.07. The van der Waals surface area contributed by atoms with E-state index in [4.69, 9.17) is 9.72 Å². The standard InChI is InChI=1S/C19H28N2OS/c1-7-21(8-2)16-11-10-14(12-17(16)22-9-3)15-13-23-18(20-15)19(4,5)6/h10-13H,7-9H2,1-6H3. The molecule has 0 atom stereocenters. The summed E-state index contributed by atoms with van der Waals surface area (Å²) >= 11 is 1.73. The predicted molar refractivity (Wildman–Crippen MR) is 101 cm³/mol. The molecule has 2 aromatic rings. The van der Waals surface area contributed by atoms with Crippen molar-refractivity contribution in [3.63, 3.8) is 0 Å². The van der Waals surface area contributed by atoms with Crippen molar-refractivity contribution in [1.82, 2.24) is 4.98 Å². The summed E-state index contributed by atoms with van der Waals surface area (Å²) in [5.74, 6) is 0.944. The van der Waals surface area contributed by atoms with Gasteiger partial charge in [-0.25, -0.2) is 4.98 Å². The molecule has 0 radical (unpaired) electrons. The number of thiazole rings is 1. The second-order valence-electron chi connectivity index (χ2n) is 6.58. The van der Waals surface area contributed by atoms with E-state index in [0.717, 1.165) is 35.8 Å². The quantitative estimate of drug-likeness (QED) is 0.713. The van der Waals surface area contributed by atoms with Crippen LogP contribution in [0.2, 0.25) is 0 Å². The van der Waals surface area contributed by atoms with E-state index in [1.54, 1.807) is 11.3 Å². The molecule has 0 spiro atoms. The topological polar surface area (TPSA) is 25.4 Å². The molecule has 1 aromatic heterocycles. The minimum absolute atomic E-state index is 0.0901. The maximum Gasteiger partial charge on any atom is 0.143 e. The van der Waals surface area contributed by atoms with Gasteiger partial charge in [-0.15, -0.1) is 11.3 Å². The fourth-order valence-corrected chi connectivity index (χ4v) is 3.44. The second kappa shape index (κ2) is 7.35. The minimum atomic E-state index is 0.0901. The molecule has 0 bridgehead atoms. The van der Waals surface area contributed by atoms with Crippen LogP contribution in [0.15, 0.2) is 23.6 Å². The molecule has 0 amide bonds. The smallest absolute Gasteiger partial charge is 0.143 e. The summed E-state index contributed by atoms with van der Waals surface area (Å²) in [6.45, 7) is 15.6. The Labute approximate surface area is 144 Å². The number of hydrogen-bond acceptors (Lipinski definition) is 4. The van der Waals surface area contributed by atoms with Gasteiger partial charge in [0.15, 0.2) is 0 Å². The normalized spacial score (nSPS) is 11.6. The number of rotatable bonds is 6. The van der Waals surface area contributed by atoms with Gasteiger partial charge in [-0.05, 0) is 32.9 Å². The number of anilines is 1. The molecule has 0 N–H and O–H groups in total. The Morgan fingerprint density at radius 2 is 1.83 bits per heavy atom. The average Bonchev–Trinajstić information content (AvgIpc) is 3.00. The Kier molecular flexibility index (Phi) is 5.69. The lowest BCUT2D eigenvalue weighted by molar-refractivity contribution is 0.340. The third-order valence-electron chi connectivity index (χ3n) is 3.81. The number of benzene rings is 1. The monoisotopic (exact) mass is 332 g/mol. The first-order valence-corrected chi connectivity index (χ1v) is 9.26. The third kappa shape index (κ3) is 4.05. The first kappa shape index (κ1) is 17.8. The van der Waals surface area contributed by atoms with Gasteiger partial charge in [0, 0.05) is 29.4 Å². The Morgan fingerprint density at radius 1 is 1.13 bits per heavy atom. The van der Waals surface area contributed by atoms with Gasteiger partial charge < -0.3 is 9.64 Å². The predicted octanol–water partition coefficient (Wildman–Crippen LogP) is 5.35. The highest BCUT2D eigenvalue weighted by Gasteiger charge is 2.19. The first-order chi connectivity index (χ1) is 10.9. The van der Waals surface area contributed by atoms with E-state index in [-0.39, 0.29) is 5.41 Å². The molecule has 0 aliphatic carbocycles. The van der Waals surface area contributed by atoms with Gasteiger partial charge in [0.1, 0.15) is 5.75 Å². The van der Waals surface area contributed by atoms with Gasteiger partial charge in [-0.2, -0.15) is 0 Å². The van der Waals surface area contributed by atoms with Crippen molar-refractivity contribution in [3.8, 4) is 17.0 Å². The molecule has 1 heterocycles. The van der Waals surface area contributed by atoms with Crippen molar-refractivity contribution in [2.45, 2.75) is 47.0 Å². The maximum atomic E-state index is 5.89. The summed E-state index contributed by atoms with van der Waals surface area (Å²) < 4.78 is 5.89. The van der Waals surface area contributed by atoms with Crippen molar-refractivity contribution in [2.24, 2.45) is 0 Å². The average molecular weight is 333 g/mol. The van der Waals surface area contributed by atoms with E-state index in [0.29, 0.717) is 6.61 Å². The largest absolute Gasteiger partial charge is 0.492 e. The summed E-state index contributed by atoms with van der Waals surface area (Å²) in [6, 6.07) is 6.43. The SMILES string of the molecule is CCOc1cc(-c2csc(C(C)(C)C)n2)ccc1N(CC)CC. The fourth-order valence-electron chi connectivity index (χ4n) is 2.52. The van der Waals surface area contributed by atoms with Crippen molar-refractivity contribution in [3.05, 3.63) is 28.6 Å². The molecule has 126 valence electrons. The number of aromatic nitrogens is 1. The molecule has 1 aromatic carbocycles. The van der Waals surface area contributed by atoms with Crippen molar-refractivity contribution in [1.29, 1.82) is 0 Å². The first-order valence-electron chi connectivity index (χ1n) is 8.38. The molecule has 0 fully saturated rings. The number of nitrogens with zero attached hydrogens (tertiary/aromatic N) is 2. The Hall–Kier alpha value is -1.55. The lowest BCUT2D eigenvalue weighted by atomic mass is 9.98. The molecule has 3 nitrogen and oxygen atoms in total. The zero-order valence-electron chi connectivity index (χ0n) is 15.1. The molecule has 2 rings (SSSR count). The lowest BCUT2D eigenvalue weighted by Gasteiger charge is -2.24. The van der Waals surface area contributed by atoms with E-state index < -0.39 is 0 Å². The highest BCUT2D eigenvalue weighted by atomic mass is 32.1. The van der Waals surface area contributed by atoms with Gasteiger partial charge in [-0.1, -0.05) is 26.8 Å². The zero-order valence-corrected chi connectivity index (χ0v) is 16.0. The van der Waals surface area contributed by atoms with Crippen molar-refractivity contribution >= 4 is 17.0 Å². The van der Waals surface area contributed by atoms with E-state index in [1.165, 1.54) is 5.01 Å². The van der Waals surface area contributed by atoms with E-state index >= 15 is 0 Å². The van der Waals surface area contributed by atoms with Gasteiger partial charge in [0.25, 0.3) is 0 Å². The molecule has 0 saturated carbocycles. The van der Waals surface area contributed by atoms with Crippen LogP contribution in [-0.2, 0) is 5.41 Å². The Balaban J connectivity index is 2.41. The highest BCUT2D eigenvalue weighted by molar-refractivity contribution is 7.10. The molecule has 0 unspecified atom stereocenters. The molecule has 0 saturated heterocycles. The molecular weight excluding hydrogens is 304 g/mol. The summed E-state index contributed by atoms with van der Waals surface area (Å²) in [6.07, 6.45) is 0. The van der Waals surface area contributed by atoms with Crippen LogP contribution in [0.4, 0.5) is 5.69 Å². The number of hydrogen-bond donors (Lipinski definition) is 0. The fraction of sp³-hybridized carbons (Fsp3) is 0.526. The van der Waals surface area contributed by atoms with Crippen LogP contribution < -0.4 is 9.64 Å². The number of ether oxygens (including phenoxy) is 1. The van der Waals surface area contributed by atoms with E-state index in [9.17, 15) is 0 Å². The molecule has 0 aliphatic heterocycles. The van der Waals surface area contributed by atoms with E-state index in [1.807, 2.05) is 6.92 Å². The summed E-state index contributed by atoms with van der Waals surface area (Å²) in [5.41, 5.74) is 3.40. The summed E-state index contributed by atoms with van der Waals surface area (Å²) in [4.78, 5) is 7.13. The molecule has 4 heteroatoms. The van der Waals surface area contributed by atoms with Crippen LogP contribution in [0.25, 0.3) is 11.3 Å². The van der Waals surface area contributed by atoms with Crippen LogP contribution >= 0.6 is 11.3 Å². The minimum Gasteiger partial charge on any atom is -0.492 e. The highest BCUT2D eigenvalue weighted by Crippen LogP contribution is 2.35. The lowest BCUT2D eigenvalue weighted by Crippen LogP contribution is -2.22. The van der Waals surface area contributed by atoms with Gasteiger partial charge in [-0.3, -0.25) is 0 Å². The van der Waals surface area contributed by atoms with Crippen LogP contribution in [-0.4, -0.2) is 24.7 Å². The van der Waals surface area contributed by atoms with Crippen LogP contribution in [0.5, 0.6) is 5.75 Å². The van der Waals surface area contributed by atoms with Gasteiger partial charge in [0.2, 0.25) is 0 Å². The second-order valence-corrected chi connectivity index (χ2v) is 7.43. The maximum absolute atomic E-state index is 5.89. The van der Waals surface area contributed by atoms with E-state index in [2.05, 4.69) is 63.1 Å². The van der Waals surface area contributed by atoms with Gasteiger partial charge >= 0.3 is 0 Å². The Morgan fingerprint density at radius 3 is 2.35 bits per heavy atom. The van der Waals surface area contributed by atoms with Crippen molar-refractivity contribution in [2.75, 3.05) is 24.6 Å².